The Labute approximate surface area is 99.8 Å². The molecule has 0 heterocycles. The van der Waals surface area contributed by atoms with Crippen molar-refractivity contribution in [3.8, 4) is 0 Å². The molecule has 3 nitrogen and oxygen atoms in total. The van der Waals surface area contributed by atoms with Crippen LogP contribution in [0.5, 0.6) is 0 Å². The van der Waals surface area contributed by atoms with E-state index in [1.54, 1.807) is 0 Å². The molecule has 0 aliphatic heterocycles. The highest BCUT2D eigenvalue weighted by Gasteiger charge is 2.14. The summed E-state index contributed by atoms with van der Waals surface area (Å²) < 4.78 is 16.6. The van der Waals surface area contributed by atoms with Crippen LogP contribution in [0.4, 0.5) is 0 Å². The van der Waals surface area contributed by atoms with Crippen LogP contribution in [0, 0.1) is 0 Å². The highest BCUT2D eigenvalue weighted by molar-refractivity contribution is 4.89. The molecule has 0 unspecified atom stereocenters. The molecule has 0 amide bonds. The van der Waals surface area contributed by atoms with Gasteiger partial charge in [0.1, 0.15) is 0 Å². The van der Waals surface area contributed by atoms with Gasteiger partial charge in [-0.05, 0) is 27.2 Å². The molecule has 1 atom stereocenters. The lowest BCUT2D eigenvalue weighted by Crippen LogP contribution is -2.24. The van der Waals surface area contributed by atoms with Crippen molar-refractivity contribution in [1.82, 2.24) is 0 Å². The van der Waals surface area contributed by atoms with Crippen molar-refractivity contribution in [2.45, 2.75) is 52.9 Å². The van der Waals surface area contributed by atoms with Crippen LogP contribution in [0.25, 0.3) is 0 Å². The highest BCUT2D eigenvalue weighted by Crippen LogP contribution is 2.10. The van der Waals surface area contributed by atoms with E-state index in [2.05, 4.69) is 19.1 Å². The van der Waals surface area contributed by atoms with Gasteiger partial charge in [0.2, 0.25) is 0 Å². The van der Waals surface area contributed by atoms with Crippen LogP contribution in [0.15, 0.2) is 12.2 Å². The SMILES string of the molecule is CC/C=C/[C@@H](CC(OCC)OCC)OCC. The molecule has 0 aromatic carbocycles. The molecule has 0 aromatic rings. The van der Waals surface area contributed by atoms with Crippen LogP contribution in [0.1, 0.15) is 40.5 Å². The molecule has 3 heteroatoms. The first kappa shape index (κ1) is 15.6. The minimum Gasteiger partial charge on any atom is -0.374 e. The molecular weight excluding hydrogens is 204 g/mol. The summed E-state index contributed by atoms with van der Waals surface area (Å²) in [4.78, 5) is 0. The molecule has 96 valence electrons. The van der Waals surface area contributed by atoms with Crippen LogP contribution in [-0.2, 0) is 14.2 Å². The zero-order chi connectivity index (χ0) is 12.2. The lowest BCUT2D eigenvalue weighted by Gasteiger charge is -2.21. The van der Waals surface area contributed by atoms with Crippen LogP contribution < -0.4 is 0 Å². The van der Waals surface area contributed by atoms with Crippen molar-refractivity contribution >= 4 is 0 Å². The van der Waals surface area contributed by atoms with Crippen LogP contribution >= 0.6 is 0 Å². The maximum Gasteiger partial charge on any atom is 0.160 e. The summed E-state index contributed by atoms with van der Waals surface area (Å²) >= 11 is 0. The van der Waals surface area contributed by atoms with Gasteiger partial charge < -0.3 is 14.2 Å². The molecule has 0 spiro atoms. The molecule has 0 radical (unpaired) electrons. The van der Waals surface area contributed by atoms with E-state index >= 15 is 0 Å². The average Bonchev–Trinajstić information content (AvgIpc) is 2.27. The summed E-state index contributed by atoms with van der Waals surface area (Å²) in [7, 11) is 0. The molecule has 0 aliphatic carbocycles. The van der Waals surface area contributed by atoms with Gasteiger partial charge in [-0.2, -0.15) is 0 Å². The van der Waals surface area contributed by atoms with Crippen molar-refractivity contribution in [3.05, 3.63) is 12.2 Å². The van der Waals surface area contributed by atoms with Crippen LogP contribution in [0.3, 0.4) is 0 Å². The van der Waals surface area contributed by atoms with Gasteiger partial charge in [-0.3, -0.25) is 0 Å². The maximum absolute atomic E-state index is 5.62. The van der Waals surface area contributed by atoms with Gasteiger partial charge in [0.15, 0.2) is 6.29 Å². The van der Waals surface area contributed by atoms with Gasteiger partial charge in [0, 0.05) is 26.2 Å². The predicted molar refractivity (Wildman–Crippen MR) is 66.5 cm³/mol. The molecule has 16 heavy (non-hydrogen) atoms. The van der Waals surface area contributed by atoms with E-state index in [4.69, 9.17) is 14.2 Å². The van der Waals surface area contributed by atoms with Crippen LogP contribution in [0.2, 0.25) is 0 Å². The quantitative estimate of drug-likeness (QED) is 0.426. The van der Waals surface area contributed by atoms with E-state index in [1.807, 2.05) is 20.8 Å². The molecule has 0 aromatic heterocycles. The van der Waals surface area contributed by atoms with Gasteiger partial charge in [-0.15, -0.1) is 0 Å². The Morgan fingerprint density at radius 2 is 1.44 bits per heavy atom. The van der Waals surface area contributed by atoms with E-state index < -0.39 is 0 Å². The maximum atomic E-state index is 5.62. The smallest absolute Gasteiger partial charge is 0.160 e. The molecule has 0 saturated carbocycles. The summed E-state index contributed by atoms with van der Waals surface area (Å²) in [6.45, 7) is 10.1. The van der Waals surface area contributed by atoms with Gasteiger partial charge >= 0.3 is 0 Å². The molecule has 0 N–H and O–H groups in total. The highest BCUT2D eigenvalue weighted by atomic mass is 16.7. The fraction of sp³-hybridized carbons (Fsp3) is 0.846. The molecular formula is C13H26O3. The topological polar surface area (TPSA) is 27.7 Å². The summed E-state index contributed by atoms with van der Waals surface area (Å²) in [6, 6.07) is 0. The number of hydrogen-bond donors (Lipinski definition) is 0. The van der Waals surface area contributed by atoms with E-state index in [1.165, 1.54) is 0 Å². The number of hydrogen-bond acceptors (Lipinski definition) is 3. The predicted octanol–water partition coefficient (Wildman–Crippen LogP) is 3.15. The third-order valence-electron chi connectivity index (χ3n) is 2.10. The molecule has 0 aliphatic rings. The fourth-order valence-electron chi connectivity index (χ4n) is 1.45. The zero-order valence-electron chi connectivity index (χ0n) is 11.1. The van der Waals surface area contributed by atoms with E-state index in [-0.39, 0.29) is 12.4 Å². The molecule has 0 saturated heterocycles. The van der Waals surface area contributed by atoms with Crippen molar-refractivity contribution in [1.29, 1.82) is 0 Å². The Bertz CT molecular complexity index is 163. The Morgan fingerprint density at radius 1 is 0.875 bits per heavy atom. The minimum absolute atomic E-state index is 0.0908. The van der Waals surface area contributed by atoms with Crippen molar-refractivity contribution in [2.24, 2.45) is 0 Å². The molecule has 0 rings (SSSR count). The first-order valence-electron chi connectivity index (χ1n) is 6.29. The van der Waals surface area contributed by atoms with E-state index in [0.717, 1.165) is 12.8 Å². The summed E-state index contributed by atoms with van der Waals surface area (Å²) in [5.74, 6) is 0. The average molecular weight is 230 g/mol. The van der Waals surface area contributed by atoms with E-state index in [0.29, 0.717) is 19.8 Å². The summed E-state index contributed by atoms with van der Waals surface area (Å²) in [5.41, 5.74) is 0. The largest absolute Gasteiger partial charge is 0.374 e. The first-order valence-corrected chi connectivity index (χ1v) is 6.29. The van der Waals surface area contributed by atoms with Gasteiger partial charge in [-0.25, -0.2) is 0 Å². The second-order valence-electron chi connectivity index (χ2n) is 3.41. The third-order valence-corrected chi connectivity index (χ3v) is 2.10. The van der Waals surface area contributed by atoms with Crippen molar-refractivity contribution in [3.63, 3.8) is 0 Å². The number of rotatable bonds is 10. The molecule has 0 bridgehead atoms. The Balaban J connectivity index is 4.13. The second kappa shape index (κ2) is 11.1. The number of ether oxygens (including phenoxy) is 3. The lowest BCUT2D eigenvalue weighted by molar-refractivity contribution is -0.152. The van der Waals surface area contributed by atoms with E-state index in [9.17, 15) is 0 Å². The third kappa shape index (κ3) is 7.85. The summed E-state index contributed by atoms with van der Waals surface area (Å²) in [5, 5.41) is 0. The first-order chi connectivity index (χ1) is 7.78. The monoisotopic (exact) mass is 230 g/mol. The fourth-order valence-corrected chi connectivity index (χ4v) is 1.45. The minimum atomic E-state index is -0.159. The lowest BCUT2D eigenvalue weighted by atomic mass is 10.2. The zero-order valence-corrected chi connectivity index (χ0v) is 11.1. The number of allylic oxidation sites excluding steroid dienone is 1. The van der Waals surface area contributed by atoms with Crippen molar-refractivity contribution < 1.29 is 14.2 Å². The molecule has 0 fully saturated rings. The normalized spacial score (nSPS) is 13.8. The second-order valence-corrected chi connectivity index (χ2v) is 3.41. The standard InChI is InChI=1S/C13H26O3/c1-5-9-10-12(14-6-2)11-13(15-7-3)16-8-4/h9-10,12-13H,5-8,11H2,1-4H3/b10-9+/t12-/m0/s1. The Morgan fingerprint density at radius 3 is 1.88 bits per heavy atom. The van der Waals surface area contributed by atoms with Crippen molar-refractivity contribution in [2.75, 3.05) is 19.8 Å². The van der Waals surface area contributed by atoms with Gasteiger partial charge in [0.05, 0.1) is 6.10 Å². The Kier molecular flexibility index (Phi) is 10.9. The Hall–Kier alpha value is -0.380. The van der Waals surface area contributed by atoms with Gasteiger partial charge in [0.25, 0.3) is 0 Å². The van der Waals surface area contributed by atoms with Crippen LogP contribution in [-0.4, -0.2) is 32.2 Å². The van der Waals surface area contributed by atoms with Gasteiger partial charge in [-0.1, -0.05) is 19.1 Å². The summed E-state index contributed by atoms with van der Waals surface area (Å²) in [6.07, 6.45) is 5.92.